The number of carbonyl (C=O) groups is 1. The Kier molecular flexibility index (Phi) is 3.67. The van der Waals surface area contributed by atoms with Crippen LogP contribution in [-0.2, 0) is 11.3 Å². The molecule has 0 aliphatic carbocycles. The SMILES string of the molecule is Cc1[nH]c2ccccc2c1CNC(=O)CC(C)N. The van der Waals surface area contributed by atoms with Crippen molar-refractivity contribution in [2.45, 2.75) is 32.9 Å². The van der Waals surface area contributed by atoms with Crippen LogP contribution < -0.4 is 11.1 Å². The number of nitrogens with one attached hydrogen (secondary N) is 2. The second kappa shape index (κ2) is 5.23. The fourth-order valence-corrected chi connectivity index (χ4v) is 2.11. The number of aromatic nitrogens is 1. The summed E-state index contributed by atoms with van der Waals surface area (Å²) in [6.07, 6.45) is 0.363. The highest BCUT2D eigenvalue weighted by atomic mass is 16.1. The zero-order valence-corrected chi connectivity index (χ0v) is 10.8. The Bertz CT molecular complexity index is 557. The molecule has 1 aromatic heterocycles. The number of benzene rings is 1. The monoisotopic (exact) mass is 245 g/mol. The molecule has 0 radical (unpaired) electrons. The highest BCUT2D eigenvalue weighted by Crippen LogP contribution is 2.21. The Labute approximate surface area is 107 Å². The van der Waals surface area contributed by atoms with E-state index in [2.05, 4.69) is 16.4 Å². The standard InChI is InChI=1S/C14H19N3O/c1-9(15)7-14(18)16-8-12-10(2)17-13-6-4-3-5-11(12)13/h3-6,9,17H,7-8,15H2,1-2H3,(H,16,18). The van der Waals surface area contributed by atoms with Gasteiger partial charge in [0.2, 0.25) is 5.91 Å². The predicted octanol–water partition coefficient (Wildman–Crippen LogP) is 1.83. The van der Waals surface area contributed by atoms with E-state index >= 15 is 0 Å². The normalized spacial score (nSPS) is 12.6. The molecule has 1 heterocycles. The van der Waals surface area contributed by atoms with E-state index in [1.54, 1.807) is 0 Å². The van der Waals surface area contributed by atoms with E-state index in [1.165, 1.54) is 0 Å². The maximum Gasteiger partial charge on any atom is 0.221 e. The molecule has 1 unspecified atom stereocenters. The average molecular weight is 245 g/mol. The molecular formula is C14H19N3O. The molecule has 0 aliphatic heterocycles. The molecule has 1 amide bonds. The Morgan fingerprint density at radius 1 is 1.44 bits per heavy atom. The van der Waals surface area contributed by atoms with Gasteiger partial charge in [-0.15, -0.1) is 0 Å². The minimum absolute atomic E-state index is 0.00492. The number of H-pyrrole nitrogens is 1. The molecule has 1 aromatic carbocycles. The first-order chi connectivity index (χ1) is 8.58. The lowest BCUT2D eigenvalue weighted by molar-refractivity contribution is -0.121. The van der Waals surface area contributed by atoms with E-state index in [4.69, 9.17) is 5.73 Å². The molecule has 4 N–H and O–H groups in total. The van der Waals surface area contributed by atoms with E-state index in [0.717, 1.165) is 22.2 Å². The molecule has 4 nitrogen and oxygen atoms in total. The third kappa shape index (κ3) is 2.71. The van der Waals surface area contributed by atoms with Crippen molar-refractivity contribution in [2.24, 2.45) is 5.73 Å². The summed E-state index contributed by atoms with van der Waals surface area (Å²) in [5.74, 6) is -0.00492. The number of aromatic amines is 1. The second-order valence-corrected chi connectivity index (χ2v) is 4.73. The Morgan fingerprint density at radius 3 is 2.89 bits per heavy atom. The summed E-state index contributed by atoms with van der Waals surface area (Å²) in [5.41, 5.74) is 8.94. The maximum absolute atomic E-state index is 11.6. The van der Waals surface area contributed by atoms with Gasteiger partial charge in [-0.25, -0.2) is 0 Å². The molecule has 0 saturated heterocycles. The van der Waals surface area contributed by atoms with E-state index < -0.39 is 0 Å². The van der Waals surface area contributed by atoms with Crippen LogP contribution >= 0.6 is 0 Å². The van der Waals surface area contributed by atoms with Crippen LogP contribution in [0.25, 0.3) is 10.9 Å². The number of hydrogen-bond donors (Lipinski definition) is 3. The molecular weight excluding hydrogens is 226 g/mol. The maximum atomic E-state index is 11.6. The minimum Gasteiger partial charge on any atom is -0.358 e. The quantitative estimate of drug-likeness (QED) is 0.769. The lowest BCUT2D eigenvalue weighted by Gasteiger charge is -2.07. The highest BCUT2D eigenvalue weighted by Gasteiger charge is 2.10. The van der Waals surface area contributed by atoms with Crippen molar-refractivity contribution in [3.05, 3.63) is 35.5 Å². The number of amides is 1. The molecule has 0 bridgehead atoms. The van der Waals surface area contributed by atoms with Crippen molar-refractivity contribution in [3.8, 4) is 0 Å². The molecule has 1 atom stereocenters. The van der Waals surface area contributed by atoms with Crippen molar-refractivity contribution in [1.29, 1.82) is 0 Å². The topological polar surface area (TPSA) is 70.9 Å². The van der Waals surface area contributed by atoms with Gasteiger partial charge >= 0.3 is 0 Å². The molecule has 4 heteroatoms. The second-order valence-electron chi connectivity index (χ2n) is 4.73. The van der Waals surface area contributed by atoms with E-state index in [9.17, 15) is 4.79 Å². The van der Waals surface area contributed by atoms with Crippen LogP contribution in [0.2, 0.25) is 0 Å². The van der Waals surface area contributed by atoms with Gasteiger partial charge in [-0.3, -0.25) is 4.79 Å². The smallest absolute Gasteiger partial charge is 0.221 e. The van der Waals surface area contributed by atoms with Gasteiger partial charge in [0.15, 0.2) is 0 Å². The van der Waals surface area contributed by atoms with Crippen molar-refractivity contribution in [1.82, 2.24) is 10.3 Å². The summed E-state index contributed by atoms with van der Waals surface area (Å²) < 4.78 is 0. The van der Waals surface area contributed by atoms with Crippen LogP contribution in [-0.4, -0.2) is 16.9 Å². The number of rotatable bonds is 4. The molecule has 18 heavy (non-hydrogen) atoms. The Hall–Kier alpha value is -1.81. The van der Waals surface area contributed by atoms with Gasteiger partial charge in [0.05, 0.1) is 0 Å². The fourth-order valence-electron chi connectivity index (χ4n) is 2.11. The van der Waals surface area contributed by atoms with Gasteiger partial charge in [0.25, 0.3) is 0 Å². The van der Waals surface area contributed by atoms with Gasteiger partial charge in [0.1, 0.15) is 0 Å². The zero-order chi connectivity index (χ0) is 13.1. The van der Waals surface area contributed by atoms with Crippen molar-refractivity contribution >= 4 is 16.8 Å². The van der Waals surface area contributed by atoms with E-state index in [0.29, 0.717) is 13.0 Å². The zero-order valence-electron chi connectivity index (χ0n) is 10.8. The summed E-state index contributed by atoms with van der Waals surface area (Å²) in [6.45, 7) is 4.39. The summed E-state index contributed by atoms with van der Waals surface area (Å²) in [6, 6.07) is 8.00. The number of para-hydroxylation sites is 1. The summed E-state index contributed by atoms with van der Waals surface area (Å²) in [5, 5.41) is 4.07. The van der Waals surface area contributed by atoms with Crippen molar-refractivity contribution in [3.63, 3.8) is 0 Å². The van der Waals surface area contributed by atoms with Gasteiger partial charge in [-0.05, 0) is 25.5 Å². The van der Waals surface area contributed by atoms with Crippen LogP contribution in [0.4, 0.5) is 0 Å². The summed E-state index contributed by atoms with van der Waals surface area (Å²) in [7, 11) is 0. The Balaban J connectivity index is 2.12. The lowest BCUT2D eigenvalue weighted by Crippen LogP contribution is -2.29. The van der Waals surface area contributed by atoms with Crippen LogP contribution in [0, 0.1) is 6.92 Å². The van der Waals surface area contributed by atoms with Crippen LogP contribution in [0.5, 0.6) is 0 Å². The highest BCUT2D eigenvalue weighted by molar-refractivity contribution is 5.85. The van der Waals surface area contributed by atoms with Crippen molar-refractivity contribution in [2.75, 3.05) is 0 Å². The Morgan fingerprint density at radius 2 is 2.17 bits per heavy atom. The molecule has 0 aliphatic rings. The molecule has 0 fully saturated rings. The molecule has 2 rings (SSSR count). The number of fused-ring (bicyclic) bond motifs is 1. The number of aryl methyl sites for hydroxylation is 1. The number of carbonyl (C=O) groups excluding carboxylic acids is 1. The van der Waals surface area contributed by atoms with Crippen LogP contribution in [0.1, 0.15) is 24.6 Å². The lowest BCUT2D eigenvalue weighted by atomic mass is 10.1. The summed E-state index contributed by atoms with van der Waals surface area (Å²) in [4.78, 5) is 14.9. The van der Waals surface area contributed by atoms with E-state index in [1.807, 2.05) is 32.0 Å². The predicted molar refractivity (Wildman–Crippen MR) is 73.1 cm³/mol. The van der Waals surface area contributed by atoms with Gasteiger partial charge < -0.3 is 16.0 Å². The molecule has 0 saturated carbocycles. The van der Waals surface area contributed by atoms with Gasteiger partial charge in [-0.2, -0.15) is 0 Å². The fraction of sp³-hybridized carbons (Fsp3) is 0.357. The average Bonchev–Trinajstić information content (AvgIpc) is 2.61. The van der Waals surface area contributed by atoms with Crippen LogP contribution in [0.3, 0.4) is 0 Å². The molecule has 2 aromatic rings. The molecule has 96 valence electrons. The first-order valence-electron chi connectivity index (χ1n) is 6.16. The summed E-state index contributed by atoms with van der Waals surface area (Å²) >= 11 is 0. The van der Waals surface area contributed by atoms with Crippen LogP contribution in [0.15, 0.2) is 24.3 Å². The van der Waals surface area contributed by atoms with E-state index in [-0.39, 0.29) is 11.9 Å². The minimum atomic E-state index is -0.103. The van der Waals surface area contributed by atoms with Gasteiger partial charge in [0, 0.05) is 35.6 Å². The number of hydrogen-bond acceptors (Lipinski definition) is 2. The third-order valence-corrected chi connectivity index (χ3v) is 3.00. The van der Waals surface area contributed by atoms with Crippen molar-refractivity contribution < 1.29 is 4.79 Å². The van der Waals surface area contributed by atoms with Gasteiger partial charge in [-0.1, -0.05) is 18.2 Å². The first kappa shape index (κ1) is 12.6. The largest absolute Gasteiger partial charge is 0.358 e. The first-order valence-corrected chi connectivity index (χ1v) is 6.16. The third-order valence-electron chi connectivity index (χ3n) is 3.00. The molecule has 0 spiro atoms. The number of nitrogens with two attached hydrogens (primary N) is 1.